The monoisotopic (exact) mass is 222 g/mol. The molecule has 0 N–H and O–H groups in total. The predicted octanol–water partition coefficient (Wildman–Crippen LogP) is 3.63. The smallest absolute Gasteiger partial charge is 0.313 e. The van der Waals surface area contributed by atoms with Gasteiger partial charge in [0.25, 0.3) is 0 Å². The second-order valence-corrected chi connectivity index (χ2v) is 4.73. The minimum Gasteiger partial charge on any atom is -0.461 e. The van der Waals surface area contributed by atoms with Crippen LogP contribution in [0.1, 0.15) is 45.4 Å². The fourth-order valence-corrected chi connectivity index (χ4v) is 2.01. The van der Waals surface area contributed by atoms with E-state index in [4.69, 9.17) is 4.74 Å². The van der Waals surface area contributed by atoms with Crippen molar-refractivity contribution in [3.63, 3.8) is 0 Å². The molecule has 0 aromatic heterocycles. The molecule has 0 bridgehead atoms. The average Bonchev–Trinajstić information content (AvgIpc) is 2.20. The van der Waals surface area contributed by atoms with Crippen LogP contribution in [0, 0.1) is 5.92 Å². The number of carbonyl (C=O) groups is 1. The van der Waals surface area contributed by atoms with Gasteiger partial charge in [0, 0.05) is 0 Å². The van der Waals surface area contributed by atoms with Crippen LogP contribution in [-0.2, 0) is 9.53 Å². The largest absolute Gasteiger partial charge is 0.461 e. The lowest BCUT2D eigenvalue weighted by Crippen LogP contribution is -2.21. The quantitative estimate of drug-likeness (QED) is 0.538. The van der Waals surface area contributed by atoms with Crippen LogP contribution in [0.3, 0.4) is 0 Å². The minimum absolute atomic E-state index is 0.0837. The molecule has 1 aliphatic carbocycles. The topological polar surface area (TPSA) is 26.3 Å². The number of carbonyl (C=O) groups excluding carboxylic acids is 1. The first kappa shape index (κ1) is 13.0. The van der Waals surface area contributed by atoms with Gasteiger partial charge in [0.2, 0.25) is 0 Å². The van der Waals surface area contributed by atoms with E-state index in [0.717, 1.165) is 36.8 Å². The first-order valence-corrected chi connectivity index (χ1v) is 6.10. The molecule has 0 aromatic carbocycles. The maximum absolute atomic E-state index is 11.9. The molecule has 1 rings (SSSR count). The van der Waals surface area contributed by atoms with Gasteiger partial charge in [-0.15, -0.1) is 0 Å². The summed E-state index contributed by atoms with van der Waals surface area (Å²) in [4.78, 5) is 11.9. The van der Waals surface area contributed by atoms with Crippen molar-refractivity contribution in [1.82, 2.24) is 0 Å². The number of hydrogen-bond donors (Lipinski definition) is 0. The summed E-state index contributed by atoms with van der Waals surface area (Å²) in [6.45, 7) is 9.94. The van der Waals surface area contributed by atoms with E-state index in [1.54, 1.807) is 0 Å². The highest BCUT2D eigenvalue weighted by atomic mass is 16.5. The third-order valence-electron chi connectivity index (χ3n) is 2.98. The highest BCUT2D eigenvalue weighted by Crippen LogP contribution is 2.27. The van der Waals surface area contributed by atoms with Crippen LogP contribution in [-0.4, -0.2) is 12.6 Å². The van der Waals surface area contributed by atoms with Gasteiger partial charge in [-0.1, -0.05) is 38.0 Å². The van der Waals surface area contributed by atoms with E-state index >= 15 is 0 Å². The molecule has 1 aliphatic rings. The van der Waals surface area contributed by atoms with Crippen molar-refractivity contribution in [2.75, 3.05) is 6.61 Å². The molecule has 1 fully saturated rings. The lowest BCUT2D eigenvalue weighted by Gasteiger charge is -2.20. The molecule has 0 heterocycles. The van der Waals surface area contributed by atoms with Crippen molar-refractivity contribution in [3.8, 4) is 0 Å². The first-order valence-electron chi connectivity index (χ1n) is 6.10. The van der Waals surface area contributed by atoms with E-state index in [9.17, 15) is 4.79 Å². The van der Waals surface area contributed by atoms with Crippen LogP contribution in [0.15, 0.2) is 24.3 Å². The van der Waals surface area contributed by atoms with Gasteiger partial charge >= 0.3 is 5.97 Å². The zero-order chi connectivity index (χ0) is 12.0. The normalized spacial score (nSPS) is 22.1. The van der Waals surface area contributed by atoms with Gasteiger partial charge in [-0.05, 0) is 31.8 Å². The van der Waals surface area contributed by atoms with Gasteiger partial charge in [0.05, 0.1) is 5.92 Å². The Morgan fingerprint density at radius 2 is 2.06 bits per heavy atom. The van der Waals surface area contributed by atoms with Crippen molar-refractivity contribution in [2.24, 2.45) is 5.92 Å². The van der Waals surface area contributed by atoms with E-state index in [0.29, 0.717) is 6.61 Å². The van der Waals surface area contributed by atoms with Crippen LogP contribution < -0.4 is 0 Å². The molecule has 0 aromatic rings. The van der Waals surface area contributed by atoms with E-state index in [2.05, 4.69) is 13.2 Å². The molecule has 0 saturated heterocycles. The van der Waals surface area contributed by atoms with Crippen LogP contribution in [0.2, 0.25) is 0 Å². The zero-order valence-corrected chi connectivity index (χ0v) is 10.3. The molecule has 2 heteroatoms. The molecule has 1 unspecified atom stereocenters. The Balaban J connectivity index is 2.49. The Morgan fingerprint density at radius 3 is 2.75 bits per heavy atom. The summed E-state index contributed by atoms with van der Waals surface area (Å²) in [5, 5.41) is 0. The zero-order valence-electron chi connectivity index (χ0n) is 10.3. The maximum atomic E-state index is 11.9. The van der Waals surface area contributed by atoms with Gasteiger partial charge in [0.1, 0.15) is 6.61 Å². The summed E-state index contributed by atoms with van der Waals surface area (Å²) in [6, 6.07) is 0. The second kappa shape index (κ2) is 6.51. The van der Waals surface area contributed by atoms with Crippen LogP contribution in [0.25, 0.3) is 0 Å². The number of rotatable bonds is 3. The van der Waals surface area contributed by atoms with E-state index < -0.39 is 0 Å². The van der Waals surface area contributed by atoms with Gasteiger partial charge in [-0.2, -0.15) is 0 Å². The fourth-order valence-electron chi connectivity index (χ4n) is 2.01. The lowest BCUT2D eigenvalue weighted by molar-refractivity contribution is -0.146. The Morgan fingerprint density at radius 1 is 1.38 bits per heavy atom. The second-order valence-electron chi connectivity index (χ2n) is 4.73. The maximum Gasteiger partial charge on any atom is 0.313 e. The van der Waals surface area contributed by atoms with E-state index in [1.165, 1.54) is 12.8 Å². The third kappa shape index (κ3) is 4.21. The summed E-state index contributed by atoms with van der Waals surface area (Å²) < 4.78 is 5.21. The highest BCUT2D eigenvalue weighted by molar-refractivity contribution is 5.75. The molecule has 1 atom stereocenters. The highest BCUT2D eigenvalue weighted by Gasteiger charge is 2.23. The minimum atomic E-state index is -0.116. The fraction of sp³-hybridized carbons (Fsp3) is 0.643. The first-order chi connectivity index (χ1) is 7.61. The van der Waals surface area contributed by atoms with Gasteiger partial charge in [-0.3, -0.25) is 4.79 Å². The van der Waals surface area contributed by atoms with Crippen molar-refractivity contribution < 1.29 is 9.53 Å². The third-order valence-corrected chi connectivity index (χ3v) is 2.98. The van der Waals surface area contributed by atoms with Crippen molar-refractivity contribution in [2.45, 2.75) is 45.4 Å². The molecule has 1 saturated carbocycles. The average molecular weight is 222 g/mol. The molecule has 2 nitrogen and oxygen atoms in total. The molecule has 0 aliphatic heterocycles. The van der Waals surface area contributed by atoms with Crippen LogP contribution >= 0.6 is 0 Å². The standard InChI is InChI=1S/C14H22O2/c1-11(2)10-16-14(15)13-9-7-5-4-6-8-12(13)3/h13H,1,3-10H2,2H3. The summed E-state index contributed by atoms with van der Waals surface area (Å²) in [5.41, 5.74) is 1.93. The summed E-state index contributed by atoms with van der Waals surface area (Å²) >= 11 is 0. The summed E-state index contributed by atoms with van der Waals surface area (Å²) in [7, 11) is 0. The number of hydrogen-bond acceptors (Lipinski definition) is 2. The Labute approximate surface area is 98.4 Å². The van der Waals surface area contributed by atoms with Crippen molar-refractivity contribution >= 4 is 5.97 Å². The van der Waals surface area contributed by atoms with Gasteiger partial charge in [-0.25, -0.2) is 0 Å². The molecule has 0 spiro atoms. The molecule has 0 radical (unpaired) electrons. The summed E-state index contributed by atoms with van der Waals surface area (Å²) in [6.07, 6.45) is 6.60. The predicted molar refractivity (Wildman–Crippen MR) is 66.1 cm³/mol. The summed E-state index contributed by atoms with van der Waals surface area (Å²) in [5.74, 6) is -0.199. The van der Waals surface area contributed by atoms with Gasteiger partial charge in [0.15, 0.2) is 0 Å². The molecule has 0 amide bonds. The van der Waals surface area contributed by atoms with E-state index in [-0.39, 0.29) is 11.9 Å². The molecule has 16 heavy (non-hydrogen) atoms. The van der Waals surface area contributed by atoms with Crippen LogP contribution in [0.4, 0.5) is 0 Å². The van der Waals surface area contributed by atoms with Crippen molar-refractivity contribution in [3.05, 3.63) is 24.3 Å². The molecule has 90 valence electrons. The Hall–Kier alpha value is -1.05. The molecular formula is C14H22O2. The number of ether oxygens (including phenoxy) is 1. The lowest BCUT2D eigenvalue weighted by atomic mass is 9.87. The Kier molecular flexibility index (Phi) is 5.30. The van der Waals surface area contributed by atoms with Crippen LogP contribution in [0.5, 0.6) is 0 Å². The van der Waals surface area contributed by atoms with E-state index in [1.807, 2.05) is 6.92 Å². The number of esters is 1. The Bertz CT molecular complexity index is 278. The SMILES string of the molecule is C=C(C)COC(=O)C1CCCCCCC1=C. The molecular weight excluding hydrogens is 200 g/mol. The van der Waals surface area contributed by atoms with Crippen molar-refractivity contribution in [1.29, 1.82) is 0 Å². The van der Waals surface area contributed by atoms with Gasteiger partial charge < -0.3 is 4.74 Å².